The van der Waals surface area contributed by atoms with E-state index in [-0.39, 0.29) is 6.54 Å². The number of carbonyl (C=O) groups is 1. The molecular formula is C17H14N2O3. The molecule has 0 fully saturated rings. The van der Waals surface area contributed by atoms with Crippen molar-refractivity contribution in [3.05, 3.63) is 73.1 Å². The molecule has 22 heavy (non-hydrogen) atoms. The van der Waals surface area contributed by atoms with Gasteiger partial charge in [-0.15, -0.1) is 0 Å². The molecule has 0 saturated heterocycles. The monoisotopic (exact) mass is 294 g/mol. The summed E-state index contributed by atoms with van der Waals surface area (Å²) >= 11 is 0. The number of aliphatic imine (C=N–C) groups is 1. The average Bonchev–Trinajstić information content (AvgIpc) is 2.57. The van der Waals surface area contributed by atoms with E-state index < -0.39 is 6.09 Å². The predicted molar refractivity (Wildman–Crippen MR) is 82.8 cm³/mol. The lowest BCUT2D eigenvalue weighted by Crippen LogP contribution is -2.36. The highest BCUT2D eigenvalue weighted by atomic mass is 16.6. The Kier molecular flexibility index (Phi) is 4.15. The normalized spacial score (nSPS) is 13.5. The fourth-order valence-electron chi connectivity index (χ4n) is 1.89. The minimum Gasteiger partial charge on any atom is -0.441 e. The minimum atomic E-state index is -0.480. The maximum atomic E-state index is 12.1. The molecule has 0 saturated carbocycles. The third-order valence-electron chi connectivity index (χ3n) is 2.93. The van der Waals surface area contributed by atoms with E-state index in [1.165, 1.54) is 11.1 Å². The second-order valence-corrected chi connectivity index (χ2v) is 4.55. The first kappa shape index (κ1) is 13.9. The fraction of sp³-hybridized carbons (Fsp3) is 0.0588. The van der Waals surface area contributed by atoms with Gasteiger partial charge in [-0.3, -0.25) is 4.90 Å². The van der Waals surface area contributed by atoms with Gasteiger partial charge in [0, 0.05) is 12.4 Å². The van der Waals surface area contributed by atoms with Crippen molar-refractivity contribution in [2.75, 3.05) is 6.54 Å². The van der Waals surface area contributed by atoms with E-state index in [1.807, 2.05) is 36.4 Å². The van der Waals surface area contributed by atoms with Crippen LogP contribution in [0.5, 0.6) is 11.5 Å². The van der Waals surface area contributed by atoms with Crippen molar-refractivity contribution < 1.29 is 14.3 Å². The second kappa shape index (κ2) is 6.58. The lowest BCUT2D eigenvalue weighted by atomic mass is 10.3. The Hall–Kier alpha value is -3.08. The predicted octanol–water partition coefficient (Wildman–Crippen LogP) is 3.45. The molecule has 0 spiro atoms. The van der Waals surface area contributed by atoms with Crippen LogP contribution in [0.25, 0.3) is 0 Å². The van der Waals surface area contributed by atoms with Gasteiger partial charge < -0.3 is 9.47 Å². The van der Waals surface area contributed by atoms with Crippen LogP contribution in [0.3, 0.4) is 0 Å². The summed E-state index contributed by atoms with van der Waals surface area (Å²) in [4.78, 5) is 17.6. The third-order valence-corrected chi connectivity index (χ3v) is 2.93. The number of ether oxygens (including phenoxy) is 2. The van der Waals surface area contributed by atoms with E-state index in [9.17, 15) is 4.79 Å². The summed E-state index contributed by atoms with van der Waals surface area (Å²) < 4.78 is 10.9. The van der Waals surface area contributed by atoms with Gasteiger partial charge in [0.05, 0.1) is 0 Å². The van der Waals surface area contributed by atoms with E-state index in [0.717, 1.165) is 0 Å². The number of amides is 1. The molecule has 0 aromatic heterocycles. The summed E-state index contributed by atoms with van der Waals surface area (Å²) in [6.45, 7) is 0.219. The molecule has 2 aromatic rings. The molecule has 5 nitrogen and oxygen atoms in total. The van der Waals surface area contributed by atoms with Gasteiger partial charge in [-0.2, -0.15) is 0 Å². The quantitative estimate of drug-likeness (QED) is 0.852. The van der Waals surface area contributed by atoms with Crippen LogP contribution in [0.4, 0.5) is 4.79 Å². The van der Waals surface area contributed by atoms with Crippen LogP contribution < -0.4 is 9.47 Å². The lowest BCUT2D eigenvalue weighted by Gasteiger charge is -2.21. The van der Waals surface area contributed by atoms with Crippen LogP contribution in [0.15, 0.2) is 78.1 Å². The van der Waals surface area contributed by atoms with Crippen LogP contribution in [0.2, 0.25) is 0 Å². The Morgan fingerprint density at radius 1 is 0.955 bits per heavy atom. The number of nitrogens with zero attached hydrogens (tertiary/aromatic N) is 2. The van der Waals surface area contributed by atoms with Crippen LogP contribution in [-0.4, -0.2) is 23.4 Å². The van der Waals surface area contributed by atoms with Crippen molar-refractivity contribution in [1.29, 1.82) is 0 Å². The smallest absolute Gasteiger partial charge is 0.419 e. The molecule has 0 N–H and O–H groups in total. The summed E-state index contributed by atoms with van der Waals surface area (Å²) in [5, 5.41) is 0. The maximum Gasteiger partial charge on any atom is 0.419 e. The number of benzene rings is 2. The summed E-state index contributed by atoms with van der Waals surface area (Å²) in [5.74, 6) is 1.60. The molecule has 0 atom stereocenters. The Labute approximate surface area is 128 Å². The Morgan fingerprint density at radius 2 is 1.59 bits per heavy atom. The fourth-order valence-corrected chi connectivity index (χ4v) is 1.89. The van der Waals surface area contributed by atoms with Gasteiger partial charge in [-0.25, -0.2) is 9.79 Å². The summed E-state index contributed by atoms with van der Waals surface area (Å²) in [5.41, 5.74) is 0. The molecule has 0 radical (unpaired) electrons. The van der Waals surface area contributed by atoms with E-state index >= 15 is 0 Å². The van der Waals surface area contributed by atoms with Crippen LogP contribution >= 0.6 is 0 Å². The van der Waals surface area contributed by atoms with E-state index in [4.69, 9.17) is 9.47 Å². The van der Waals surface area contributed by atoms with Gasteiger partial charge in [-0.05, 0) is 24.3 Å². The average molecular weight is 294 g/mol. The van der Waals surface area contributed by atoms with E-state index in [2.05, 4.69) is 4.99 Å². The summed E-state index contributed by atoms with van der Waals surface area (Å²) in [6.07, 6.45) is 2.59. The topological polar surface area (TPSA) is 51.1 Å². The molecule has 0 bridgehead atoms. The largest absolute Gasteiger partial charge is 0.441 e. The van der Waals surface area contributed by atoms with Crippen LogP contribution in [0.1, 0.15) is 0 Å². The van der Waals surface area contributed by atoms with Crippen molar-refractivity contribution in [2.45, 2.75) is 0 Å². The standard InChI is InChI=1S/C17H14N2O3/c20-17(22-15-9-5-2-6-10-15)19-12-11-18-16(13-19)21-14-7-3-1-4-8-14/h1-12H,13H2. The molecule has 2 aromatic carbocycles. The zero-order chi connectivity index (χ0) is 15.2. The first-order valence-electron chi connectivity index (χ1n) is 6.81. The second-order valence-electron chi connectivity index (χ2n) is 4.55. The SMILES string of the molecule is O=C(Oc1ccccc1)N1C=CN=C(Oc2ccccc2)C1. The Morgan fingerprint density at radius 3 is 2.27 bits per heavy atom. The van der Waals surface area contributed by atoms with Gasteiger partial charge in [-0.1, -0.05) is 36.4 Å². The molecule has 5 heteroatoms. The Balaban J connectivity index is 1.62. The molecule has 0 aliphatic carbocycles. The van der Waals surface area contributed by atoms with Crippen molar-refractivity contribution in [3.63, 3.8) is 0 Å². The first-order valence-corrected chi connectivity index (χ1v) is 6.81. The van der Waals surface area contributed by atoms with Crippen molar-refractivity contribution in [2.24, 2.45) is 4.99 Å². The third kappa shape index (κ3) is 3.52. The number of carbonyl (C=O) groups excluding carboxylic acids is 1. The molecule has 1 aliphatic rings. The van der Waals surface area contributed by atoms with Crippen molar-refractivity contribution in [3.8, 4) is 11.5 Å². The van der Waals surface area contributed by atoms with Crippen molar-refractivity contribution >= 4 is 12.0 Å². The van der Waals surface area contributed by atoms with Gasteiger partial charge >= 0.3 is 6.09 Å². The first-order chi connectivity index (χ1) is 10.8. The molecule has 0 unspecified atom stereocenters. The van der Waals surface area contributed by atoms with Crippen LogP contribution in [0, 0.1) is 0 Å². The molecule has 1 aliphatic heterocycles. The minimum absolute atomic E-state index is 0.219. The lowest BCUT2D eigenvalue weighted by molar-refractivity contribution is 0.173. The van der Waals surface area contributed by atoms with E-state index in [0.29, 0.717) is 17.4 Å². The maximum absolute atomic E-state index is 12.1. The highest BCUT2D eigenvalue weighted by molar-refractivity contribution is 5.86. The Bertz CT molecular complexity index is 696. The molecule has 3 rings (SSSR count). The molecule has 110 valence electrons. The number of hydrogen-bond donors (Lipinski definition) is 0. The highest BCUT2D eigenvalue weighted by Gasteiger charge is 2.19. The zero-order valence-electron chi connectivity index (χ0n) is 11.8. The van der Waals surface area contributed by atoms with E-state index in [1.54, 1.807) is 30.5 Å². The zero-order valence-corrected chi connectivity index (χ0v) is 11.8. The van der Waals surface area contributed by atoms with Gasteiger partial charge in [0.15, 0.2) is 0 Å². The number of para-hydroxylation sites is 2. The van der Waals surface area contributed by atoms with Crippen LogP contribution in [-0.2, 0) is 0 Å². The molecule has 1 heterocycles. The number of hydrogen-bond acceptors (Lipinski definition) is 4. The van der Waals surface area contributed by atoms with Gasteiger partial charge in [0.2, 0.25) is 5.90 Å². The number of rotatable bonds is 2. The summed E-state index contributed by atoms with van der Waals surface area (Å²) in [6, 6.07) is 18.2. The summed E-state index contributed by atoms with van der Waals surface area (Å²) in [7, 11) is 0. The highest BCUT2D eigenvalue weighted by Crippen LogP contribution is 2.14. The van der Waals surface area contributed by atoms with Gasteiger partial charge in [0.25, 0.3) is 0 Å². The molecule has 1 amide bonds. The molecular weight excluding hydrogens is 280 g/mol. The van der Waals surface area contributed by atoms with Gasteiger partial charge in [0.1, 0.15) is 18.0 Å². The van der Waals surface area contributed by atoms with Crippen molar-refractivity contribution in [1.82, 2.24) is 4.90 Å².